The Bertz CT molecular complexity index is 1450. The Morgan fingerprint density at radius 2 is 1.80 bits per heavy atom. The van der Waals surface area contributed by atoms with E-state index >= 15 is 0 Å². The van der Waals surface area contributed by atoms with Gasteiger partial charge in [-0.15, -0.1) is 0 Å². The van der Waals surface area contributed by atoms with E-state index in [2.05, 4.69) is 31.2 Å². The number of nitrogens with zero attached hydrogens (tertiary/aromatic N) is 1. The lowest BCUT2D eigenvalue weighted by Gasteiger charge is -2.39. The number of carbonyl (C=O) groups excluding carboxylic acids is 2. The molecule has 2 saturated carbocycles. The average Bonchev–Trinajstić information content (AvgIpc) is 3.13. The van der Waals surface area contributed by atoms with Crippen LogP contribution in [0.4, 0.5) is 5.69 Å². The van der Waals surface area contributed by atoms with Crippen LogP contribution in [0.5, 0.6) is 0 Å². The standard InChI is InChI=1S/C28H28N2O5/c1-17-8-7-10-19(14-17)29-25(33)28-13-12-27(4,26(28,2)3)22(16-28)30-35-24(32)20-15-18-9-5-6-11-21(18)34-23(20)31/h5-11,14-15H,12-13,16H2,1-4H3,(H,29,33). The molecule has 2 fully saturated rings. The first-order chi connectivity index (χ1) is 16.6. The van der Waals surface area contributed by atoms with Gasteiger partial charge in [0.15, 0.2) is 0 Å². The first-order valence-electron chi connectivity index (χ1n) is 11.8. The van der Waals surface area contributed by atoms with Crippen LogP contribution in [-0.4, -0.2) is 17.6 Å². The SMILES string of the molecule is Cc1cccc(NC(=O)C23CCC(C)(C(=NOC(=O)c4cc5ccccc5oc4=O)C2)C3(C)C)c1. The zero-order valence-corrected chi connectivity index (χ0v) is 20.3. The van der Waals surface area contributed by atoms with Gasteiger partial charge in [-0.2, -0.15) is 0 Å². The number of oxime groups is 1. The van der Waals surface area contributed by atoms with Crippen molar-refractivity contribution in [2.24, 2.45) is 21.4 Å². The van der Waals surface area contributed by atoms with Gasteiger partial charge in [0.25, 0.3) is 0 Å². The van der Waals surface area contributed by atoms with Crippen molar-refractivity contribution in [2.45, 2.75) is 47.0 Å². The lowest BCUT2D eigenvalue weighted by Crippen LogP contribution is -2.43. The highest BCUT2D eigenvalue weighted by Crippen LogP contribution is 2.71. The van der Waals surface area contributed by atoms with E-state index in [0.717, 1.165) is 24.1 Å². The Morgan fingerprint density at radius 1 is 1.03 bits per heavy atom. The van der Waals surface area contributed by atoms with Crippen molar-refractivity contribution < 1.29 is 18.8 Å². The molecule has 1 N–H and O–H groups in total. The molecule has 2 unspecified atom stereocenters. The fourth-order valence-corrected chi connectivity index (χ4v) is 5.85. The van der Waals surface area contributed by atoms with Gasteiger partial charge >= 0.3 is 11.6 Å². The van der Waals surface area contributed by atoms with Gasteiger partial charge in [0, 0.05) is 22.9 Å². The molecule has 7 nitrogen and oxygen atoms in total. The van der Waals surface area contributed by atoms with Crippen molar-refractivity contribution >= 4 is 34.2 Å². The quantitative estimate of drug-likeness (QED) is 0.308. The van der Waals surface area contributed by atoms with E-state index in [-0.39, 0.29) is 11.5 Å². The topological polar surface area (TPSA) is 98.0 Å². The van der Waals surface area contributed by atoms with Crippen molar-refractivity contribution in [3.63, 3.8) is 0 Å². The maximum atomic E-state index is 13.6. The molecule has 1 aromatic heterocycles. The molecule has 2 aliphatic rings. The molecule has 1 heterocycles. The number of anilines is 1. The third-order valence-electron chi connectivity index (χ3n) is 8.54. The number of aryl methyl sites for hydroxylation is 1. The lowest BCUT2D eigenvalue weighted by molar-refractivity contribution is -0.130. The van der Waals surface area contributed by atoms with Crippen LogP contribution < -0.4 is 10.9 Å². The molecule has 180 valence electrons. The largest absolute Gasteiger partial charge is 0.422 e. The number of carbonyl (C=O) groups is 2. The fraction of sp³-hybridized carbons (Fsp3) is 0.357. The Balaban J connectivity index is 1.42. The minimum Gasteiger partial charge on any atom is -0.422 e. The van der Waals surface area contributed by atoms with Crippen LogP contribution in [0.1, 0.15) is 56.0 Å². The number of hydrogen-bond acceptors (Lipinski definition) is 6. The van der Waals surface area contributed by atoms with Gasteiger partial charge in [0.2, 0.25) is 5.91 Å². The van der Waals surface area contributed by atoms with E-state index in [9.17, 15) is 14.4 Å². The van der Waals surface area contributed by atoms with Gasteiger partial charge < -0.3 is 14.6 Å². The highest BCUT2D eigenvalue weighted by molar-refractivity contribution is 6.06. The smallest absolute Gasteiger partial charge is 0.373 e. The zero-order chi connectivity index (χ0) is 25.0. The van der Waals surface area contributed by atoms with E-state index < -0.39 is 27.8 Å². The van der Waals surface area contributed by atoms with E-state index in [1.807, 2.05) is 31.2 Å². The highest BCUT2D eigenvalue weighted by atomic mass is 16.7. The summed E-state index contributed by atoms with van der Waals surface area (Å²) in [6.07, 6.45) is 1.85. The van der Waals surface area contributed by atoms with Crippen LogP contribution in [0.15, 0.2) is 69.0 Å². The van der Waals surface area contributed by atoms with Crippen molar-refractivity contribution in [1.82, 2.24) is 0 Å². The van der Waals surface area contributed by atoms with E-state index in [4.69, 9.17) is 9.25 Å². The Labute approximate surface area is 203 Å². The monoisotopic (exact) mass is 472 g/mol. The van der Waals surface area contributed by atoms with Crippen molar-refractivity contribution in [1.29, 1.82) is 0 Å². The summed E-state index contributed by atoms with van der Waals surface area (Å²) in [4.78, 5) is 44.0. The molecule has 0 saturated heterocycles. The number of benzene rings is 2. The molecule has 0 spiro atoms. The molecule has 2 aromatic carbocycles. The third-order valence-corrected chi connectivity index (χ3v) is 8.54. The number of nitrogens with one attached hydrogen (secondary N) is 1. The summed E-state index contributed by atoms with van der Waals surface area (Å²) < 4.78 is 5.24. The number of amides is 1. The second kappa shape index (κ2) is 7.90. The molecule has 2 bridgehead atoms. The Hall–Kier alpha value is -3.74. The Morgan fingerprint density at radius 3 is 2.57 bits per heavy atom. The van der Waals surface area contributed by atoms with Gasteiger partial charge in [-0.1, -0.05) is 56.3 Å². The van der Waals surface area contributed by atoms with E-state index in [0.29, 0.717) is 23.1 Å². The molecule has 35 heavy (non-hydrogen) atoms. The molecule has 2 aliphatic carbocycles. The maximum absolute atomic E-state index is 13.6. The second-order valence-electron chi connectivity index (χ2n) is 10.4. The van der Waals surface area contributed by atoms with Crippen LogP contribution in [0.3, 0.4) is 0 Å². The summed E-state index contributed by atoms with van der Waals surface area (Å²) >= 11 is 0. The first-order valence-corrected chi connectivity index (χ1v) is 11.8. The van der Waals surface area contributed by atoms with Gasteiger partial charge in [0.05, 0.1) is 11.1 Å². The summed E-state index contributed by atoms with van der Waals surface area (Å²) in [5, 5.41) is 7.94. The molecule has 3 aromatic rings. The van der Waals surface area contributed by atoms with Crippen LogP contribution in [-0.2, 0) is 9.63 Å². The summed E-state index contributed by atoms with van der Waals surface area (Å²) in [6.45, 7) is 8.21. The second-order valence-corrected chi connectivity index (χ2v) is 10.4. The predicted octanol–water partition coefficient (Wildman–Crippen LogP) is 5.47. The first kappa shape index (κ1) is 23.0. The van der Waals surface area contributed by atoms with Gasteiger partial charge in [0.1, 0.15) is 11.1 Å². The number of fused-ring (bicyclic) bond motifs is 3. The number of para-hydroxylation sites is 1. The van der Waals surface area contributed by atoms with Crippen molar-refractivity contribution in [2.75, 3.05) is 5.32 Å². The van der Waals surface area contributed by atoms with Gasteiger partial charge in [-0.05, 0) is 55.0 Å². The van der Waals surface area contributed by atoms with Crippen LogP contribution >= 0.6 is 0 Å². The van der Waals surface area contributed by atoms with Crippen LogP contribution in [0.25, 0.3) is 11.0 Å². The number of rotatable bonds is 4. The third kappa shape index (κ3) is 3.40. The molecule has 1 amide bonds. The van der Waals surface area contributed by atoms with Crippen LogP contribution in [0.2, 0.25) is 0 Å². The lowest BCUT2D eigenvalue weighted by atomic mass is 9.64. The molecule has 0 aliphatic heterocycles. The van der Waals surface area contributed by atoms with E-state index in [1.165, 1.54) is 6.07 Å². The Kier molecular flexibility index (Phi) is 5.20. The molecule has 7 heteroatoms. The zero-order valence-electron chi connectivity index (χ0n) is 20.3. The molecular formula is C28H28N2O5. The normalized spacial score (nSPS) is 25.7. The van der Waals surface area contributed by atoms with Crippen LogP contribution in [0, 0.1) is 23.2 Å². The molecule has 2 atom stereocenters. The minimum absolute atomic E-state index is 0.0523. The average molecular weight is 473 g/mol. The van der Waals surface area contributed by atoms with Gasteiger partial charge in [-0.3, -0.25) is 4.79 Å². The number of hydrogen-bond donors (Lipinski definition) is 1. The predicted molar refractivity (Wildman–Crippen MR) is 133 cm³/mol. The minimum atomic E-state index is -0.876. The molecular weight excluding hydrogens is 444 g/mol. The van der Waals surface area contributed by atoms with Crippen molar-refractivity contribution in [3.8, 4) is 0 Å². The maximum Gasteiger partial charge on any atom is 0.373 e. The highest BCUT2D eigenvalue weighted by Gasteiger charge is 2.71. The van der Waals surface area contributed by atoms with Crippen molar-refractivity contribution in [3.05, 3.63) is 76.1 Å². The summed E-state index contributed by atoms with van der Waals surface area (Å²) in [6, 6.07) is 16.1. The van der Waals surface area contributed by atoms with E-state index in [1.54, 1.807) is 24.3 Å². The van der Waals surface area contributed by atoms with Gasteiger partial charge in [-0.25, -0.2) is 9.59 Å². The molecule has 0 radical (unpaired) electrons. The summed E-state index contributed by atoms with van der Waals surface area (Å²) in [5.41, 5.74) is 0.361. The fourth-order valence-electron chi connectivity index (χ4n) is 5.85. The summed E-state index contributed by atoms with van der Waals surface area (Å²) in [7, 11) is 0. The molecule has 5 rings (SSSR count). The summed E-state index contributed by atoms with van der Waals surface area (Å²) in [5.74, 6) is -0.928.